The van der Waals surface area contributed by atoms with E-state index in [0.717, 1.165) is 6.08 Å². The SMILES string of the molecule is C[C@]12CC(=C(F)c3c(F)c(F)c(F)c(F)c3F)C(=O)C=C1CCC[C@@H]2O. The molecule has 0 amide bonds. The molecule has 2 nitrogen and oxygen atoms in total. The van der Waals surface area contributed by atoms with Crippen molar-refractivity contribution in [2.75, 3.05) is 0 Å². The number of hydrogen-bond acceptors (Lipinski definition) is 2. The van der Waals surface area contributed by atoms with Gasteiger partial charge in [0.25, 0.3) is 0 Å². The molecule has 0 spiro atoms. The second-order valence-corrected chi connectivity index (χ2v) is 6.77. The van der Waals surface area contributed by atoms with Crippen LogP contribution in [0.15, 0.2) is 17.2 Å². The van der Waals surface area contributed by atoms with Gasteiger partial charge in [0.1, 0.15) is 5.83 Å². The molecule has 26 heavy (non-hydrogen) atoms. The van der Waals surface area contributed by atoms with E-state index >= 15 is 0 Å². The number of ketones is 1. The number of rotatable bonds is 1. The monoisotopic (exact) mass is 376 g/mol. The van der Waals surface area contributed by atoms with E-state index in [1.807, 2.05) is 0 Å². The van der Waals surface area contributed by atoms with Crippen LogP contribution in [0.3, 0.4) is 0 Å². The van der Waals surface area contributed by atoms with Gasteiger partial charge in [-0.15, -0.1) is 0 Å². The Bertz CT molecular complexity index is 844. The topological polar surface area (TPSA) is 37.3 Å². The first kappa shape index (κ1) is 18.7. The van der Waals surface area contributed by atoms with Crippen molar-refractivity contribution in [2.45, 2.75) is 38.7 Å². The molecule has 1 aromatic rings. The van der Waals surface area contributed by atoms with Crippen LogP contribution in [0.25, 0.3) is 5.83 Å². The number of benzene rings is 1. The lowest BCUT2D eigenvalue weighted by molar-refractivity contribution is -0.112. The fourth-order valence-electron chi connectivity index (χ4n) is 3.61. The quantitative estimate of drug-likeness (QED) is 0.339. The molecule has 1 fully saturated rings. The third-order valence-electron chi connectivity index (χ3n) is 5.23. The molecule has 1 aromatic carbocycles. The Balaban J connectivity index is 2.21. The number of halogens is 6. The van der Waals surface area contributed by atoms with Gasteiger partial charge in [-0.2, -0.15) is 0 Å². The van der Waals surface area contributed by atoms with Crippen molar-refractivity contribution in [2.24, 2.45) is 5.41 Å². The van der Waals surface area contributed by atoms with Gasteiger partial charge in [-0.3, -0.25) is 4.79 Å². The zero-order chi connectivity index (χ0) is 19.4. The molecule has 140 valence electrons. The van der Waals surface area contributed by atoms with Crippen LogP contribution in [-0.2, 0) is 4.79 Å². The Morgan fingerprint density at radius 1 is 1.08 bits per heavy atom. The van der Waals surface area contributed by atoms with Crippen LogP contribution in [0.1, 0.15) is 38.2 Å². The smallest absolute Gasteiger partial charge is 0.200 e. The lowest BCUT2D eigenvalue weighted by atomic mass is 9.63. The molecule has 2 aliphatic carbocycles. The lowest BCUT2D eigenvalue weighted by Crippen LogP contribution is -2.41. The summed E-state index contributed by atoms with van der Waals surface area (Å²) in [7, 11) is 0. The van der Waals surface area contributed by atoms with E-state index in [1.165, 1.54) is 0 Å². The number of hydrogen-bond donors (Lipinski definition) is 1. The zero-order valence-corrected chi connectivity index (χ0v) is 13.6. The summed E-state index contributed by atoms with van der Waals surface area (Å²) in [5.74, 6) is -14.4. The molecule has 2 atom stereocenters. The highest BCUT2D eigenvalue weighted by Crippen LogP contribution is 2.49. The van der Waals surface area contributed by atoms with E-state index in [4.69, 9.17) is 0 Å². The molecule has 0 unspecified atom stereocenters. The highest BCUT2D eigenvalue weighted by molar-refractivity contribution is 6.10. The minimum atomic E-state index is -2.41. The molecule has 8 heteroatoms. The van der Waals surface area contributed by atoms with Crippen molar-refractivity contribution >= 4 is 11.6 Å². The summed E-state index contributed by atoms with van der Waals surface area (Å²) in [5, 5.41) is 10.2. The predicted octanol–water partition coefficient (Wildman–Crippen LogP) is 4.51. The largest absolute Gasteiger partial charge is 0.392 e. The fraction of sp³-hybridized carbons (Fsp3) is 0.389. The van der Waals surface area contributed by atoms with Crippen molar-refractivity contribution < 1.29 is 36.2 Å². The summed E-state index contributed by atoms with van der Waals surface area (Å²) in [5.41, 5.74) is -2.95. The van der Waals surface area contributed by atoms with Crippen molar-refractivity contribution in [1.29, 1.82) is 0 Å². The average molecular weight is 376 g/mol. The van der Waals surface area contributed by atoms with Gasteiger partial charge in [0.15, 0.2) is 29.1 Å². The minimum Gasteiger partial charge on any atom is -0.392 e. The second-order valence-electron chi connectivity index (χ2n) is 6.77. The van der Waals surface area contributed by atoms with Crippen molar-refractivity contribution in [1.82, 2.24) is 0 Å². The fourth-order valence-corrected chi connectivity index (χ4v) is 3.61. The third-order valence-corrected chi connectivity index (χ3v) is 5.23. The van der Waals surface area contributed by atoms with Gasteiger partial charge in [-0.1, -0.05) is 12.5 Å². The summed E-state index contributed by atoms with van der Waals surface area (Å²) in [6.45, 7) is 1.57. The summed E-state index contributed by atoms with van der Waals surface area (Å²) < 4.78 is 82.3. The van der Waals surface area contributed by atoms with Crippen LogP contribution in [0.5, 0.6) is 0 Å². The first-order chi connectivity index (χ1) is 12.1. The first-order valence-corrected chi connectivity index (χ1v) is 7.93. The maximum Gasteiger partial charge on any atom is 0.200 e. The molecule has 0 aliphatic heterocycles. The van der Waals surface area contributed by atoms with Gasteiger partial charge in [-0.25, -0.2) is 26.3 Å². The van der Waals surface area contributed by atoms with E-state index < -0.39 is 69.8 Å². The number of aliphatic hydroxyl groups is 1. The van der Waals surface area contributed by atoms with Crippen molar-refractivity contribution in [3.8, 4) is 0 Å². The van der Waals surface area contributed by atoms with Gasteiger partial charge in [0, 0.05) is 11.0 Å². The molecule has 0 heterocycles. The van der Waals surface area contributed by atoms with E-state index in [2.05, 4.69) is 0 Å². The molecule has 2 aliphatic rings. The third kappa shape index (κ3) is 2.58. The highest BCUT2D eigenvalue weighted by Gasteiger charge is 2.45. The molecule has 0 aromatic heterocycles. The molecular weight excluding hydrogens is 362 g/mol. The Labute approximate surface area is 144 Å². The Morgan fingerprint density at radius 2 is 1.62 bits per heavy atom. The number of aliphatic hydroxyl groups excluding tert-OH is 1. The Morgan fingerprint density at radius 3 is 2.19 bits per heavy atom. The van der Waals surface area contributed by atoms with E-state index in [0.29, 0.717) is 24.8 Å². The Kier molecular flexibility index (Phi) is 4.50. The first-order valence-electron chi connectivity index (χ1n) is 7.93. The summed E-state index contributed by atoms with van der Waals surface area (Å²) >= 11 is 0. The van der Waals surface area contributed by atoms with Crippen LogP contribution in [0.4, 0.5) is 26.3 Å². The highest BCUT2D eigenvalue weighted by atomic mass is 19.2. The molecule has 0 saturated heterocycles. The van der Waals surface area contributed by atoms with Gasteiger partial charge in [0.05, 0.1) is 11.7 Å². The van der Waals surface area contributed by atoms with E-state index in [-0.39, 0.29) is 0 Å². The van der Waals surface area contributed by atoms with Gasteiger partial charge in [-0.05, 0) is 31.8 Å². The molecule has 0 radical (unpaired) electrons. The van der Waals surface area contributed by atoms with Crippen LogP contribution >= 0.6 is 0 Å². The van der Waals surface area contributed by atoms with E-state index in [9.17, 15) is 36.2 Å². The van der Waals surface area contributed by atoms with Crippen molar-refractivity contribution in [3.63, 3.8) is 0 Å². The number of carbonyl (C=O) groups excluding carboxylic acids is 1. The number of allylic oxidation sites excluding steroid dienone is 2. The van der Waals surface area contributed by atoms with Gasteiger partial charge in [0.2, 0.25) is 5.82 Å². The molecule has 1 N–H and O–H groups in total. The normalized spacial score (nSPS) is 27.9. The maximum atomic E-state index is 14.8. The lowest BCUT2D eigenvalue weighted by Gasteiger charge is -2.43. The summed E-state index contributed by atoms with van der Waals surface area (Å²) in [6.07, 6.45) is 1.26. The van der Waals surface area contributed by atoms with Gasteiger partial charge < -0.3 is 5.11 Å². The number of fused-ring (bicyclic) bond motifs is 1. The Hall–Kier alpha value is -2.09. The van der Waals surface area contributed by atoms with Crippen LogP contribution in [-0.4, -0.2) is 17.0 Å². The molecular formula is C18H14F6O2. The molecule has 1 saturated carbocycles. The minimum absolute atomic E-state index is 0.388. The van der Waals surface area contributed by atoms with E-state index in [1.54, 1.807) is 6.92 Å². The summed E-state index contributed by atoms with van der Waals surface area (Å²) in [4.78, 5) is 12.2. The zero-order valence-electron chi connectivity index (χ0n) is 13.6. The predicted molar refractivity (Wildman–Crippen MR) is 79.9 cm³/mol. The van der Waals surface area contributed by atoms with Gasteiger partial charge >= 0.3 is 0 Å². The standard InChI is InChI=1S/C18H14F6O2/c1-18-6-8(9(25)5-7(18)3-2-4-10(18)26)12(19)11-13(20)15(22)17(24)16(23)14(11)21/h5,10,26H,2-4,6H2,1H3/t10-,18-/m0/s1. The van der Waals surface area contributed by atoms with Crippen LogP contribution in [0.2, 0.25) is 0 Å². The maximum absolute atomic E-state index is 14.8. The number of carbonyl (C=O) groups is 1. The molecule has 0 bridgehead atoms. The van der Waals surface area contributed by atoms with Crippen LogP contribution < -0.4 is 0 Å². The van der Waals surface area contributed by atoms with Crippen molar-refractivity contribution in [3.05, 3.63) is 51.9 Å². The average Bonchev–Trinajstić information content (AvgIpc) is 2.60. The van der Waals surface area contributed by atoms with Crippen LogP contribution in [0, 0.1) is 34.5 Å². The molecule has 3 rings (SSSR count). The second kappa shape index (κ2) is 6.26. The summed E-state index contributed by atoms with van der Waals surface area (Å²) in [6, 6.07) is 0.